The lowest BCUT2D eigenvalue weighted by atomic mass is 10.2. The zero-order valence-electron chi connectivity index (χ0n) is 12.1. The quantitative estimate of drug-likeness (QED) is 0.682. The number of amides is 1. The number of aromatic nitrogens is 1. The summed E-state index contributed by atoms with van der Waals surface area (Å²) in [6.07, 6.45) is 3.00. The van der Waals surface area contributed by atoms with Crippen molar-refractivity contribution in [1.29, 1.82) is 0 Å². The van der Waals surface area contributed by atoms with Gasteiger partial charge in [-0.1, -0.05) is 40.2 Å². The number of halogens is 1. The average molecular weight is 357 g/mol. The maximum absolute atomic E-state index is 12.0. The molecule has 22 heavy (non-hydrogen) atoms. The Kier molecular flexibility index (Phi) is 4.59. The van der Waals surface area contributed by atoms with Crippen LogP contribution in [0.15, 0.2) is 65.3 Å². The van der Waals surface area contributed by atoms with E-state index in [1.165, 1.54) is 10.9 Å². The summed E-state index contributed by atoms with van der Waals surface area (Å²) in [7, 11) is 0. The van der Waals surface area contributed by atoms with E-state index in [4.69, 9.17) is 0 Å². The molecule has 0 saturated heterocycles. The Labute approximate surface area is 138 Å². The van der Waals surface area contributed by atoms with E-state index in [2.05, 4.69) is 50.2 Å². The van der Waals surface area contributed by atoms with E-state index >= 15 is 0 Å². The van der Waals surface area contributed by atoms with Gasteiger partial charge in [0, 0.05) is 34.8 Å². The molecule has 1 heterocycles. The number of benzene rings is 2. The first kappa shape index (κ1) is 14.9. The molecule has 0 atom stereocenters. The normalized spacial score (nSPS) is 10.8. The number of nitrogens with zero attached hydrogens (tertiary/aromatic N) is 1. The Hall–Kier alpha value is -2.07. The highest BCUT2D eigenvalue weighted by Gasteiger charge is 2.05. The van der Waals surface area contributed by atoms with Crippen molar-refractivity contribution < 1.29 is 4.79 Å². The van der Waals surface area contributed by atoms with Crippen LogP contribution in [0.2, 0.25) is 0 Å². The van der Waals surface area contributed by atoms with E-state index in [0.29, 0.717) is 12.1 Å². The summed E-state index contributed by atoms with van der Waals surface area (Å²) in [6, 6.07) is 17.9. The lowest BCUT2D eigenvalue weighted by Gasteiger charge is -2.07. The van der Waals surface area contributed by atoms with E-state index in [1.807, 2.05) is 36.4 Å². The second-order valence-electron chi connectivity index (χ2n) is 5.19. The standard InChI is InChI=1S/C18H17BrN2O/c19-16-7-3-6-15(13-16)18(22)20-10-4-11-21-12-9-14-5-1-2-8-17(14)21/h1-3,5-9,12-13H,4,10-11H2,(H,20,22). The molecule has 0 bridgehead atoms. The molecule has 0 fully saturated rings. The molecular weight excluding hydrogens is 340 g/mol. The van der Waals surface area contributed by atoms with Gasteiger partial charge in [0.25, 0.3) is 5.91 Å². The maximum Gasteiger partial charge on any atom is 0.251 e. The zero-order valence-corrected chi connectivity index (χ0v) is 13.7. The lowest BCUT2D eigenvalue weighted by molar-refractivity contribution is 0.0952. The molecule has 3 rings (SSSR count). The Morgan fingerprint density at radius 2 is 1.95 bits per heavy atom. The SMILES string of the molecule is O=C(NCCCn1ccc2ccccc21)c1cccc(Br)c1. The van der Waals surface area contributed by atoms with Crippen LogP contribution >= 0.6 is 15.9 Å². The van der Waals surface area contributed by atoms with Gasteiger partial charge in [-0.25, -0.2) is 0 Å². The lowest BCUT2D eigenvalue weighted by Crippen LogP contribution is -2.25. The van der Waals surface area contributed by atoms with Crippen molar-refractivity contribution >= 4 is 32.7 Å². The molecule has 1 aromatic heterocycles. The van der Waals surface area contributed by atoms with Gasteiger partial charge in [-0.15, -0.1) is 0 Å². The van der Waals surface area contributed by atoms with Crippen molar-refractivity contribution in [1.82, 2.24) is 9.88 Å². The summed E-state index contributed by atoms with van der Waals surface area (Å²) in [4.78, 5) is 12.0. The Bertz CT molecular complexity index is 794. The molecule has 0 radical (unpaired) electrons. The van der Waals surface area contributed by atoms with Gasteiger partial charge in [0.1, 0.15) is 0 Å². The fourth-order valence-corrected chi connectivity index (χ4v) is 2.92. The largest absolute Gasteiger partial charge is 0.352 e. The molecular formula is C18H17BrN2O. The number of aryl methyl sites for hydroxylation is 1. The molecule has 0 unspecified atom stereocenters. The van der Waals surface area contributed by atoms with Crippen molar-refractivity contribution in [2.45, 2.75) is 13.0 Å². The minimum Gasteiger partial charge on any atom is -0.352 e. The van der Waals surface area contributed by atoms with E-state index in [1.54, 1.807) is 0 Å². The Morgan fingerprint density at radius 1 is 1.09 bits per heavy atom. The van der Waals surface area contributed by atoms with Crippen molar-refractivity contribution in [2.24, 2.45) is 0 Å². The van der Waals surface area contributed by atoms with Crippen molar-refractivity contribution in [2.75, 3.05) is 6.54 Å². The molecule has 3 aromatic rings. The van der Waals surface area contributed by atoms with Gasteiger partial charge in [-0.2, -0.15) is 0 Å². The maximum atomic E-state index is 12.0. The van der Waals surface area contributed by atoms with Crippen molar-refractivity contribution in [3.8, 4) is 0 Å². The fraction of sp³-hybridized carbons (Fsp3) is 0.167. The molecule has 0 aliphatic carbocycles. The van der Waals surface area contributed by atoms with E-state index in [0.717, 1.165) is 17.4 Å². The highest BCUT2D eigenvalue weighted by Crippen LogP contribution is 2.15. The second kappa shape index (κ2) is 6.79. The van der Waals surface area contributed by atoms with E-state index in [-0.39, 0.29) is 5.91 Å². The Balaban J connectivity index is 1.52. The van der Waals surface area contributed by atoms with Gasteiger partial charge in [-0.05, 0) is 42.1 Å². The third-order valence-corrected chi connectivity index (χ3v) is 4.12. The second-order valence-corrected chi connectivity index (χ2v) is 6.10. The summed E-state index contributed by atoms with van der Waals surface area (Å²) in [6.45, 7) is 1.56. The van der Waals surface area contributed by atoms with Crippen molar-refractivity contribution in [3.05, 3.63) is 70.8 Å². The number of carbonyl (C=O) groups excluding carboxylic acids is 1. The molecule has 0 aliphatic rings. The van der Waals surface area contributed by atoms with Crippen LogP contribution in [0.1, 0.15) is 16.8 Å². The smallest absolute Gasteiger partial charge is 0.251 e. The summed E-state index contributed by atoms with van der Waals surface area (Å²) < 4.78 is 3.14. The topological polar surface area (TPSA) is 34.0 Å². The number of nitrogens with one attached hydrogen (secondary N) is 1. The predicted octanol–water partition coefficient (Wildman–Crippen LogP) is 4.22. The first-order valence-electron chi connectivity index (χ1n) is 7.32. The summed E-state index contributed by atoms with van der Waals surface area (Å²) in [5.41, 5.74) is 1.92. The van der Waals surface area contributed by atoms with Gasteiger partial charge >= 0.3 is 0 Å². The highest BCUT2D eigenvalue weighted by atomic mass is 79.9. The molecule has 2 aromatic carbocycles. The first-order valence-corrected chi connectivity index (χ1v) is 8.11. The molecule has 4 heteroatoms. The van der Waals surface area contributed by atoms with E-state index < -0.39 is 0 Å². The van der Waals surface area contributed by atoms with Gasteiger partial charge in [0.15, 0.2) is 0 Å². The van der Waals surface area contributed by atoms with Crippen LogP contribution in [0, 0.1) is 0 Å². The molecule has 0 aliphatic heterocycles. The summed E-state index contributed by atoms with van der Waals surface area (Å²) in [5, 5.41) is 4.21. The third kappa shape index (κ3) is 3.39. The highest BCUT2D eigenvalue weighted by molar-refractivity contribution is 9.10. The van der Waals surface area contributed by atoms with Crippen LogP contribution in [0.25, 0.3) is 10.9 Å². The molecule has 1 amide bonds. The van der Waals surface area contributed by atoms with Crippen molar-refractivity contribution in [3.63, 3.8) is 0 Å². The number of rotatable bonds is 5. The van der Waals surface area contributed by atoms with Crippen LogP contribution in [-0.4, -0.2) is 17.0 Å². The number of hydrogen-bond donors (Lipinski definition) is 1. The minimum absolute atomic E-state index is 0.0290. The summed E-state index contributed by atoms with van der Waals surface area (Å²) >= 11 is 3.38. The predicted molar refractivity (Wildman–Crippen MR) is 93.0 cm³/mol. The van der Waals surface area contributed by atoms with Gasteiger partial charge < -0.3 is 9.88 Å². The molecule has 0 spiro atoms. The minimum atomic E-state index is -0.0290. The molecule has 1 N–H and O–H groups in total. The average Bonchev–Trinajstić information content (AvgIpc) is 2.95. The van der Waals surface area contributed by atoms with Crippen LogP contribution in [0.5, 0.6) is 0 Å². The van der Waals surface area contributed by atoms with Crippen LogP contribution < -0.4 is 5.32 Å². The Morgan fingerprint density at radius 3 is 2.82 bits per heavy atom. The number of para-hydroxylation sites is 1. The number of fused-ring (bicyclic) bond motifs is 1. The summed E-state index contributed by atoms with van der Waals surface area (Å²) in [5.74, 6) is -0.0290. The molecule has 0 saturated carbocycles. The van der Waals surface area contributed by atoms with Gasteiger partial charge in [0.05, 0.1) is 0 Å². The van der Waals surface area contributed by atoms with Gasteiger partial charge in [0.2, 0.25) is 0 Å². The third-order valence-electron chi connectivity index (χ3n) is 3.63. The fourth-order valence-electron chi connectivity index (χ4n) is 2.52. The first-order chi connectivity index (χ1) is 10.7. The monoisotopic (exact) mass is 356 g/mol. The van der Waals surface area contributed by atoms with Crippen LogP contribution in [-0.2, 0) is 6.54 Å². The zero-order chi connectivity index (χ0) is 15.4. The van der Waals surface area contributed by atoms with Crippen LogP contribution in [0.3, 0.4) is 0 Å². The van der Waals surface area contributed by atoms with Gasteiger partial charge in [-0.3, -0.25) is 4.79 Å². The molecule has 112 valence electrons. The van der Waals surface area contributed by atoms with Crippen LogP contribution in [0.4, 0.5) is 0 Å². The number of carbonyl (C=O) groups is 1. The van der Waals surface area contributed by atoms with E-state index in [9.17, 15) is 4.79 Å². The molecule has 3 nitrogen and oxygen atoms in total. The number of hydrogen-bond acceptors (Lipinski definition) is 1.